The van der Waals surface area contributed by atoms with Crippen molar-refractivity contribution in [1.29, 1.82) is 0 Å². The lowest BCUT2D eigenvalue weighted by Crippen LogP contribution is -2.14. The first-order valence-corrected chi connectivity index (χ1v) is 9.61. The lowest BCUT2D eigenvalue weighted by Gasteiger charge is -2.09. The van der Waals surface area contributed by atoms with Gasteiger partial charge in [-0.25, -0.2) is 9.97 Å². The number of nitrogens with zero attached hydrogens (tertiary/aromatic N) is 3. The molecule has 0 N–H and O–H groups in total. The number of para-hydroxylation sites is 2. The van der Waals surface area contributed by atoms with E-state index in [-0.39, 0.29) is 18.7 Å². The predicted molar refractivity (Wildman–Crippen MR) is 106 cm³/mol. The number of carbonyl (C=O) groups is 1. The van der Waals surface area contributed by atoms with Crippen LogP contribution in [0.1, 0.15) is 5.56 Å². The van der Waals surface area contributed by atoms with Gasteiger partial charge in [0.05, 0.1) is 23.1 Å². The second-order valence-electron chi connectivity index (χ2n) is 5.84. The molecule has 7 heteroatoms. The van der Waals surface area contributed by atoms with Crippen molar-refractivity contribution in [2.75, 3.05) is 0 Å². The highest BCUT2D eigenvalue weighted by molar-refractivity contribution is 7.07. The third-order valence-corrected chi connectivity index (χ3v) is 5.23. The van der Waals surface area contributed by atoms with E-state index in [2.05, 4.69) is 9.97 Å². The van der Waals surface area contributed by atoms with Gasteiger partial charge in [0.1, 0.15) is 5.69 Å². The Morgan fingerprint density at radius 3 is 2.77 bits per heavy atom. The predicted octanol–water partition coefficient (Wildman–Crippen LogP) is 5.28. The molecule has 4 rings (SSSR count). The zero-order chi connectivity index (χ0) is 18.1. The summed E-state index contributed by atoms with van der Waals surface area (Å²) >= 11 is 13.6. The fourth-order valence-electron chi connectivity index (χ4n) is 2.86. The van der Waals surface area contributed by atoms with Gasteiger partial charge in [-0.3, -0.25) is 4.79 Å². The number of carbonyl (C=O) groups excluding carboxylic acids is 1. The molecule has 0 aliphatic heterocycles. The number of halogens is 2. The number of Topliss-reactive ketones (excluding diaryl/α,β-unsaturated/α-hetero) is 1. The number of aromatic nitrogens is 3. The molecule has 4 nitrogen and oxygen atoms in total. The number of fused-ring (bicyclic) bond motifs is 1. The highest BCUT2D eigenvalue weighted by Gasteiger charge is 2.17. The van der Waals surface area contributed by atoms with Crippen LogP contribution >= 0.6 is 34.5 Å². The second kappa shape index (κ2) is 7.19. The first-order chi connectivity index (χ1) is 12.6. The Morgan fingerprint density at radius 1 is 1.15 bits per heavy atom. The maximum absolute atomic E-state index is 12.7. The second-order valence-corrected chi connectivity index (χ2v) is 7.40. The van der Waals surface area contributed by atoms with E-state index in [1.165, 1.54) is 11.3 Å². The molecular weight excluding hydrogens is 389 g/mol. The molecule has 26 heavy (non-hydrogen) atoms. The molecule has 0 bridgehead atoms. The van der Waals surface area contributed by atoms with Crippen LogP contribution in [0.5, 0.6) is 0 Å². The Labute approximate surface area is 164 Å². The summed E-state index contributed by atoms with van der Waals surface area (Å²) < 4.78 is 1.91. The van der Waals surface area contributed by atoms with Crippen molar-refractivity contribution in [3.8, 4) is 11.5 Å². The molecule has 0 aliphatic carbocycles. The maximum Gasteiger partial charge on any atom is 0.161 e. The van der Waals surface area contributed by atoms with E-state index in [9.17, 15) is 4.79 Å². The summed E-state index contributed by atoms with van der Waals surface area (Å²) in [6.45, 7) is 0.201. The zero-order valence-corrected chi connectivity index (χ0v) is 15.9. The van der Waals surface area contributed by atoms with Crippen LogP contribution in [0.2, 0.25) is 10.0 Å². The molecule has 0 fully saturated rings. The van der Waals surface area contributed by atoms with E-state index in [4.69, 9.17) is 23.2 Å². The van der Waals surface area contributed by atoms with Gasteiger partial charge in [-0.1, -0.05) is 41.4 Å². The first kappa shape index (κ1) is 17.2. The number of ketones is 1. The van der Waals surface area contributed by atoms with E-state index >= 15 is 0 Å². The lowest BCUT2D eigenvalue weighted by molar-refractivity contribution is -0.118. The number of hydrogen-bond acceptors (Lipinski definition) is 4. The van der Waals surface area contributed by atoms with Gasteiger partial charge in [-0.2, -0.15) is 0 Å². The van der Waals surface area contributed by atoms with Crippen LogP contribution in [0.25, 0.3) is 22.6 Å². The highest BCUT2D eigenvalue weighted by atomic mass is 35.5. The van der Waals surface area contributed by atoms with Crippen LogP contribution in [0.4, 0.5) is 0 Å². The van der Waals surface area contributed by atoms with E-state index in [0.29, 0.717) is 15.9 Å². The molecule has 0 radical (unpaired) electrons. The van der Waals surface area contributed by atoms with Crippen molar-refractivity contribution in [1.82, 2.24) is 14.5 Å². The number of rotatable bonds is 5. The number of thiazole rings is 1. The van der Waals surface area contributed by atoms with Gasteiger partial charge >= 0.3 is 0 Å². The van der Waals surface area contributed by atoms with Crippen LogP contribution in [0.15, 0.2) is 53.4 Å². The van der Waals surface area contributed by atoms with Gasteiger partial charge < -0.3 is 4.57 Å². The molecule has 0 saturated heterocycles. The van der Waals surface area contributed by atoms with Crippen LogP contribution in [-0.2, 0) is 17.8 Å². The van der Waals surface area contributed by atoms with Crippen molar-refractivity contribution in [3.05, 3.63) is 69.0 Å². The van der Waals surface area contributed by atoms with E-state index in [1.807, 2.05) is 34.2 Å². The average Bonchev–Trinajstić information content (AvgIpc) is 3.26. The van der Waals surface area contributed by atoms with Crippen molar-refractivity contribution < 1.29 is 4.79 Å². The smallest absolute Gasteiger partial charge is 0.161 e. The molecule has 0 unspecified atom stereocenters. The summed E-state index contributed by atoms with van der Waals surface area (Å²) in [5.41, 5.74) is 5.04. The van der Waals surface area contributed by atoms with E-state index in [1.54, 1.807) is 23.7 Å². The van der Waals surface area contributed by atoms with Gasteiger partial charge in [0.15, 0.2) is 11.6 Å². The molecule has 4 aromatic rings. The minimum atomic E-state index is 0.0360. The van der Waals surface area contributed by atoms with Gasteiger partial charge in [0, 0.05) is 21.8 Å². The topological polar surface area (TPSA) is 47.8 Å². The molecule has 2 aromatic heterocycles. The van der Waals surface area contributed by atoms with E-state index < -0.39 is 0 Å². The normalized spacial score (nSPS) is 11.2. The Bertz CT molecular complexity index is 1090. The molecule has 2 heterocycles. The maximum atomic E-state index is 12.7. The van der Waals surface area contributed by atoms with Crippen molar-refractivity contribution in [2.24, 2.45) is 0 Å². The summed E-state index contributed by atoms with van der Waals surface area (Å²) in [5.74, 6) is 0.733. The largest absolute Gasteiger partial charge is 0.315 e. The molecule has 0 aliphatic rings. The van der Waals surface area contributed by atoms with Crippen molar-refractivity contribution in [3.63, 3.8) is 0 Å². The molecule has 0 amide bonds. The molecule has 0 spiro atoms. The summed E-state index contributed by atoms with van der Waals surface area (Å²) in [4.78, 5) is 21.7. The summed E-state index contributed by atoms with van der Waals surface area (Å²) in [6.07, 6.45) is 0.235. The Morgan fingerprint density at radius 2 is 2.00 bits per heavy atom. The Balaban J connectivity index is 1.68. The molecule has 0 saturated carbocycles. The van der Waals surface area contributed by atoms with Crippen molar-refractivity contribution in [2.45, 2.75) is 13.0 Å². The quantitative estimate of drug-likeness (QED) is 0.457. The molecular formula is C19H13Cl2N3OS. The van der Waals surface area contributed by atoms with Gasteiger partial charge in [0.25, 0.3) is 0 Å². The minimum absolute atomic E-state index is 0.0360. The van der Waals surface area contributed by atoms with Crippen LogP contribution in [0.3, 0.4) is 0 Å². The monoisotopic (exact) mass is 401 g/mol. The third-order valence-electron chi connectivity index (χ3n) is 4.05. The third kappa shape index (κ3) is 3.38. The van der Waals surface area contributed by atoms with Crippen molar-refractivity contribution >= 4 is 51.4 Å². The number of benzene rings is 2. The number of imidazole rings is 1. The SMILES string of the molecule is O=C(Cc1ccc(Cl)cc1Cl)Cn1c(-c2cscn2)nc2ccccc21. The summed E-state index contributed by atoms with van der Waals surface area (Å²) in [7, 11) is 0. The van der Waals surface area contributed by atoms with Gasteiger partial charge in [-0.05, 0) is 29.8 Å². The number of hydrogen-bond donors (Lipinski definition) is 0. The highest BCUT2D eigenvalue weighted by Crippen LogP contribution is 2.26. The van der Waals surface area contributed by atoms with Crippen LogP contribution in [-0.4, -0.2) is 20.3 Å². The molecule has 2 aromatic carbocycles. The first-order valence-electron chi connectivity index (χ1n) is 7.91. The Hall–Kier alpha value is -2.21. The van der Waals surface area contributed by atoms with Crippen LogP contribution in [0, 0.1) is 0 Å². The van der Waals surface area contributed by atoms with E-state index in [0.717, 1.165) is 22.3 Å². The summed E-state index contributed by atoms with van der Waals surface area (Å²) in [6, 6.07) is 12.9. The fraction of sp³-hybridized carbons (Fsp3) is 0.105. The standard InChI is InChI=1S/C19H13Cl2N3OS/c20-13-6-5-12(15(21)8-13)7-14(25)9-24-18-4-2-1-3-16(18)23-19(24)17-10-26-11-22-17/h1-6,8,10-11H,7,9H2. The van der Waals surface area contributed by atoms with Crippen LogP contribution < -0.4 is 0 Å². The Kier molecular flexibility index (Phi) is 4.76. The molecule has 130 valence electrons. The minimum Gasteiger partial charge on any atom is -0.315 e. The summed E-state index contributed by atoms with van der Waals surface area (Å²) in [5, 5.41) is 2.98. The fourth-order valence-corrected chi connectivity index (χ4v) is 3.87. The molecule has 0 atom stereocenters. The van der Waals surface area contributed by atoms with Gasteiger partial charge in [0.2, 0.25) is 0 Å². The van der Waals surface area contributed by atoms with Gasteiger partial charge in [-0.15, -0.1) is 11.3 Å². The average molecular weight is 402 g/mol. The zero-order valence-electron chi connectivity index (χ0n) is 13.5. The lowest BCUT2D eigenvalue weighted by atomic mass is 10.1.